The zero-order chi connectivity index (χ0) is 23.3. The average molecular weight is 489 g/mol. The Morgan fingerprint density at radius 2 is 1.88 bits per heavy atom. The van der Waals surface area contributed by atoms with Crippen molar-refractivity contribution >= 4 is 33.2 Å². The summed E-state index contributed by atoms with van der Waals surface area (Å²) < 4.78 is 34.6. The van der Waals surface area contributed by atoms with E-state index in [-0.39, 0.29) is 16.7 Å². The second kappa shape index (κ2) is 10.4. The quantitative estimate of drug-likeness (QED) is 0.522. The zero-order valence-corrected chi connectivity index (χ0v) is 19.5. The molecule has 2 aromatic carbocycles. The van der Waals surface area contributed by atoms with E-state index in [4.69, 9.17) is 16.3 Å². The largest absolute Gasteiger partial charge is 0.492 e. The van der Waals surface area contributed by atoms with Crippen molar-refractivity contribution in [2.75, 3.05) is 25.0 Å². The molecule has 10 heteroatoms. The van der Waals surface area contributed by atoms with E-state index in [1.807, 2.05) is 24.4 Å². The van der Waals surface area contributed by atoms with Crippen LogP contribution < -0.4 is 10.1 Å². The molecule has 0 aliphatic carbocycles. The molecule has 2 heterocycles. The first-order valence-corrected chi connectivity index (χ1v) is 12.5. The summed E-state index contributed by atoms with van der Waals surface area (Å²) in [5.41, 5.74) is 0.646. The molecule has 0 unspecified atom stereocenters. The van der Waals surface area contributed by atoms with Gasteiger partial charge in [0.25, 0.3) is 0 Å². The van der Waals surface area contributed by atoms with Crippen LogP contribution in [0.5, 0.6) is 5.75 Å². The first-order valence-electron chi connectivity index (χ1n) is 10.7. The third-order valence-electron chi connectivity index (χ3n) is 5.53. The molecule has 0 bridgehead atoms. The molecule has 1 aliphatic rings. The van der Waals surface area contributed by atoms with Crippen molar-refractivity contribution in [1.29, 1.82) is 0 Å². The molecule has 0 radical (unpaired) electrons. The van der Waals surface area contributed by atoms with Gasteiger partial charge in [0.1, 0.15) is 12.4 Å². The van der Waals surface area contributed by atoms with Gasteiger partial charge in [0.05, 0.1) is 11.4 Å². The van der Waals surface area contributed by atoms with E-state index in [2.05, 4.69) is 10.4 Å². The lowest BCUT2D eigenvalue weighted by molar-refractivity contribution is -0.120. The van der Waals surface area contributed by atoms with E-state index in [9.17, 15) is 13.2 Å². The van der Waals surface area contributed by atoms with Crippen molar-refractivity contribution in [1.82, 2.24) is 14.1 Å². The first kappa shape index (κ1) is 23.3. The Labute approximate surface area is 198 Å². The summed E-state index contributed by atoms with van der Waals surface area (Å²) >= 11 is 5.86. The SMILES string of the molecule is O=C(Nc1cccc(OCCn2cccn2)c1)C1CCN(S(=O)(=O)c2ccc(Cl)cc2)CC1. The molecule has 33 heavy (non-hydrogen) atoms. The highest BCUT2D eigenvalue weighted by atomic mass is 35.5. The van der Waals surface area contributed by atoms with Crippen LogP contribution in [0.4, 0.5) is 5.69 Å². The molecule has 1 aromatic heterocycles. The highest BCUT2D eigenvalue weighted by molar-refractivity contribution is 7.89. The minimum atomic E-state index is -3.60. The fourth-order valence-electron chi connectivity index (χ4n) is 3.71. The van der Waals surface area contributed by atoms with Crippen LogP contribution in [0, 0.1) is 5.92 Å². The van der Waals surface area contributed by atoms with Gasteiger partial charge in [-0.15, -0.1) is 0 Å². The molecule has 174 valence electrons. The van der Waals surface area contributed by atoms with E-state index in [0.29, 0.717) is 55.5 Å². The molecule has 1 aliphatic heterocycles. The summed E-state index contributed by atoms with van der Waals surface area (Å²) in [7, 11) is -3.60. The minimum Gasteiger partial charge on any atom is -0.492 e. The number of ether oxygens (including phenoxy) is 1. The number of nitrogens with zero attached hydrogens (tertiary/aromatic N) is 3. The summed E-state index contributed by atoms with van der Waals surface area (Å²) in [5, 5.41) is 7.54. The van der Waals surface area contributed by atoms with Gasteiger partial charge < -0.3 is 10.1 Å². The van der Waals surface area contributed by atoms with E-state index in [1.54, 1.807) is 35.1 Å². The number of carbonyl (C=O) groups excluding carboxylic acids is 1. The number of rotatable bonds is 8. The summed E-state index contributed by atoms with van der Waals surface area (Å²) in [6, 6.07) is 15.2. The normalized spacial score (nSPS) is 15.3. The van der Waals surface area contributed by atoms with E-state index < -0.39 is 10.0 Å². The average Bonchev–Trinajstić information content (AvgIpc) is 3.33. The molecule has 8 nitrogen and oxygen atoms in total. The lowest BCUT2D eigenvalue weighted by atomic mass is 9.97. The maximum Gasteiger partial charge on any atom is 0.243 e. The molecule has 4 rings (SSSR count). The van der Waals surface area contributed by atoms with Gasteiger partial charge in [-0.2, -0.15) is 9.40 Å². The predicted octanol–water partition coefficient (Wildman–Crippen LogP) is 3.65. The number of benzene rings is 2. The maximum atomic E-state index is 12.8. The van der Waals surface area contributed by atoms with Gasteiger partial charge in [0, 0.05) is 48.2 Å². The number of halogens is 1. The van der Waals surface area contributed by atoms with Crippen molar-refractivity contribution in [2.24, 2.45) is 5.92 Å². The van der Waals surface area contributed by atoms with Crippen molar-refractivity contribution in [3.05, 3.63) is 72.0 Å². The van der Waals surface area contributed by atoms with Crippen LogP contribution in [0.2, 0.25) is 5.02 Å². The van der Waals surface area contributed by atoms with Gasteiger partial charge >= 0.3 is 0 Å². The van der Waals surface area contributed by atoms with Crippen molar-refractivity contribution < 1.29 is 17.9 Å². The number of amides is 1. The topological polar surface area (TPSA) is 93.5 Å². The third kappa shape index (κ3) is 5.93. The van der Waals surface area contributed by atoms with E-state index in [0.717, 1.165) is 0 Å². The Morgan fingerprint density at radius 1 is 1.12 bits per heavy atom. The number of carbonyl (C=O) groups is 1. The molecule has 1 amide bonds. The van der Waals surface area contributed by atoms with Crippen LogP contribution in [-0.4, -0.2) is 48.1 Å². The molecule has 1 fully saturated rings. The van der Waals surface area contributed by atoms with Crippen LogP contribution in [0.1, 0.15) is 12.8 Å². The summed E-state index contributed by atoms with van der Waals surface area (Å²) in [4.78, 5) is 13.0. The highest BCUT2D eigenvalue weighted by Crippen LogP contribution is 2.26. The predicted molar refractivity (Wildman–Crippen MR) is 126 cm³/mol. The Morgan fingerprint density at radius 3 is 2.58 bits per heavy atom. The Balaban J connectivity index is 1.29. The standard InChI is InChI=1S/C23H25ClN4O4S/c24-19-5-7-22(8-6-19)33(30,31)28-13-9-18(10-14-28)23(29)26-20-3-1-4-21(17-20)32-16-15-27-12-2-11-25-27/h1-8,11-12,17-18H,9-10,13-16H2,(H,26,29). The van der Waals surface area contributed by atoms with Gasteiger partial charge in [-0.1, -0.05) is 17.7 Å². The summed E-state index contributed by atoms with van der Waals surface area (Å²) in [6.07, 6.45) is 4.50. The number of sulfonamides is 1. The number of hydrogen-bond acceptors (Lipinski definition) is 5. The lowest BCUT2D eigenvalue weighted by Crippen LogP contribution is -2.41. The van der Waals surface area contributed by atoms with Crippen LogP contribution in [-0.2, 0) is 21.4 Å². The van der Waals surface area contributed by atoms with Crippen molar-refractivity contribution in [3.63, 3.8) is 0 Å². The van der Waals surface area contributed by atoms with Gasteiger partial charge in [-0.3, -0.25) is 9.48 Å². The molecule has 0 spiro atoms. The maximum absolute atomic E-state index is 12.8. The fourth-order valence-corrected chi connectivity index (χ4v) is 5.31. The number of piperidine rings is 1. The fraction of sp³-hybridized carbons (Fsp3) is 0.304. The van der Waals surface area contributed by atoms with Gasteiger partial charge in [0.2, 0.25) is 15.9 Å². The van der Waals surface area contributed by atoms with Crippen LogP contribution in [0.3, 0.4) is 0 Å². The number of hydrogen-bond donors (Lipinski definition) is 1. The van der Waals surface area contributed by atoms with Crippen LogP contribution >= 0.6 is 11.6 Å². The first-order chi connectivity index (χ1) is 15.9. The van der Waals surface area contributed by atoms with Gasteiger partial charge in [-0.25, -0.2) is 8.42 Å². The van der Waals surface area contributed by atoms with Gasteiger partial charge in [0.15, 0.2) is 0 Å². The highest BCUT2D eigenvalue weighted by Gasteiger charge is 2.32. The van der Waals surface area contributed by atoms with E-state index >= 15 is 0 Å². The Hall–Kier alpha value is -2.88. The van der Waals surface area contributed by atoms with E-state index in [1.165, 1.54) is 16.4 Å². The third-order valence-corrected chi connectivity index (χ3v) is 7.69. The minimum absolute atomic E-state index is 0.118. The molecule has 0 saturated carbocycles. The number of aromatic nitrogens is 2. The van der Waals surface area contributed by atoms with Gasteiger partial charge in [-0.05, 0) is 55.3 Å². The Kier molecular flexibility index (Phi) is 7.32. The smallest absolute Gasteiger partial charge is 0.243 e. The summed E-state index contributed by atoms with van der Waals surface area (Å²) in [6.45, 7) is 1.67. The Bertz CT molecular complexity index is 1180. The molecular formula is C23H25ClN4O4S. The summed E-state index contributed by atoms with van der Waals surface area (Å²) in [5.74, 6) is 0.280. The second-order valence-corrected chi connectivity index (χ2v) is 10.1. The molecule has 1 saturated heterocycles. The molecular weight excluding hydrogens is 464 g/mol. The zero-order valence-electron chi connectivity index (χ0n) is 17.9. The van der Waals surface area contributed by atoms with Crippen LogP contribution in [0.25, 0.3) is 0 Å². The number of anilines is 1. The lowest BCUT2D eigenvalue weighted by Gasteiger charge is -2.30. The second-order valence-electron chi connectivity index (χ2n) is 7.77. The van der Waals surface area contributed by atoms with Crippen LogP contribution in [0.15, 0.2) is 71.9 Å². The monoisotopic (exact) mass is 488 g/mol. The molecule has 1 N–H and O–H groups in total. The van der Waals surface area contributed by atoms with Crippen molar-refractivity contribution in [3.8, 4) is 5.75 Å². The molecule has 3 aromatic rings. The molecule has 0 atom stereocenters. The van der Waals surface area contributed by atoms with Crippen molar-refractivity contribution in [2.45, 2.75) is 24.3 Å². The number of nitrogens with one attached hydrogen (secondary N) is 1.